The summed E-state index contributed by atoms with van der Waals surface area (Å²) < 4.78 is 0. The lowest BCUT2D eigenvalue weighted by molar-refractivity contribution is -0.143. The highest BCUT2D eigenvalue weighted by Gasteiger charge is 2.36. The maximum atomic E-state index is 12.5. The summed E-state index contributed by atoms with van der Waals surface area (Å²) in [5.41, 5.74) is 0. The van der Waals surface area contributed by atoms with Gasteiger partial charge in [-0.25, -0.2) is 0 Å². The Morgan fingerprint density at radius 3 is 2.63 bits per heavy atom. The predicted octanol–water partition coefficient (Wildman–Crippen LogP) is 2.56. The van der Waals surface area contributed by atoms with Gasteiger partial charge in [-0.05, 0) is 31.2 Å². The molecule has 1 amide bonds. The number of carboxylic acid groups (broad SMARTS) is 1. The number of carbonyl (C=O) groups is 2. The van der Waals surface area contributed by atoms with Gasteiger partial charge in [-0.2, -0.15) is 0 Å². The lowest BCUT2D eigenvalue weighted by Crippen LogP contribution is -2.40. The minimum Gasteiger partial charge on any atom is -0.481 e. The minimum absolute atomic E-state index is 0.0537. The van der Waals surface area contributed by atoms with Gasteiger partial charge in [0.2, 0.25) is 5.91 Å². The molecule has 1 heterocycles. The van der Waals surface area contributed by atoms with Crippen LogP contribution in [0.3, 0.4) is 0 Å². The number of carboxylic acids is 1. The van der Waals surface area contributed by atoms with Crippen LogP contribution in [0.4, 0.5) is 0 Å². The summed E-state index contributed by atoms with van der Waals surface area (Å²) in [6.45, 7) is 3.87. The highest BCUT2D eigenvalue weighted by atomic mass is 32.1. The molecule has 2 rings (SSSR count). The van der Waals surface area contributed by atoms with Crippen LogP contribution in [0.25, 0.3) is 0 Å². The number of hydrogen-bond acceptors (Lipinski definition) is 3. The molecule has 1 aromatic heterocycles. The van der Waals surface area contributed by atoms with Gasteiger partial charge in [-0.3, -0.25) is 9.59 Å². The van der Waals surface area contributed by atoms with Gasteiger partial charge < -0.3 is 10.0 Å². The molecule has 4 nitrogen and oxygen atoms in total. The molecule has 0 radical (unpaired) electrons. The second-order valence-electron chi connectivity index (χ2n) is 5.20. The fraction of sp³-hybridized carbons (Fsp3) is 0.571. The van der Waals surface area contributed by atoms with Crippen molar-refractivity contribution >= 4 is 23.2 Å². The molecule has 0 aromatic carbocycles. The summed E-state index contributed by atoms with van der Waals surface area (Å²) >= 11 is 1.57. The van der Waals surface area contributed by atoms with Crippen molar-refractivity contribution in [3.8, 4) is 0 Å². The van der Waals surface area contributed by atoms with Gasteiger partial charge in [-0.15, -0.1) is 11.3 Å². The van der Waals surface area contributed by atoms with Crippen molar-refractivity contribution < 1.29 is 14.7 Å². The van der Waals surface area contributed by atoms with Crippen LogP contribution in [-0.2, 0) is 9.59 Å². The quantitative estimate of drug-likeness (QED) is 0.872. The summed E-state index contributed by atoms with van der Waals surface area (Å²) in [6.07, 6.45) is 1.99. The molecule has 19 heavy (non-hydrogen) atoms. The van der Waals surface area contributed by atoms with Crippen LogP contribution >= 0.6 is 11.3 Å². The first kappa shape index (κ1) is 14.1. The van der Waals surface area contributed by atoms with E-state index in [-0.39, 0.29) is 17.9 Å². The van der Waals surface area contributed by atoms with E-state index in [1.807, 2.05) is 24.4 Å². The number of rotatable bonds is 6. The standard InChI is InChI=1S/C14H19NO3S/c1-9(14(17)18)8-15(11-5-6-11)13(16)10(2)12-4-3-7-19-12/h3-4,7,9-11H,5-6,8H2,1-2H3,(H,17,18)/t9-,10-/m0/s1. The van der Waals surface area contributed by atoms with Crippen LogP contribution in [0.5, 0.6) is 0 Å². The molecular weight excluding hydrogens is 262 g/mol. The monoisotopic (exact) mass is 281 g/mol. The summed E-state index contributed by atoms with van der Waals surface area (Å²) in [7, 11) is 0. The first-order valence-electron chi connectivity index (χ1n) is 6.57. The second-order valence-corrected chi connectivity index (χ2v) is 6.18. The van der Waals surface area contributed by atoms with E-state index < -0.39 is 11.9 Å². The van der Waals surface area contributed by atoms with E-state index in [9.17, 15) is 9.59 Å². The highest BCUT2D eigenvalue weighted by Crippen LogP contribution is 2.32. The number of amides is 1. The van der Waals surface area contributed by atoms with Gasteiger partial charge in [0, 0.05) is 17.5 Å². The van der Waals surface area contributed by atoms with Gasteiger partial charge in [0.15, 0.2) is 0 Å². The van der Waals surface area contributed by atoms with E-state index in [1.54, 1.807) is 23.2 Å². The fourth-order valence-corrected chi connectivity index (χ4v) is 2.86. The molecule has 1 aromatic rings. The third kappa shape index (κ3) is 3.35. The summed E-state index contributed by atoms with van der Waals surface area (Å²) in [6, 6.07) is 4.14. The Balaban J connectivity index is 2.06. The van der Waals surface area contributed by atoms with Gasteiger partial charge >= 0.3 is 5.97 Å². The second kappa shape index (κ2) is 5.74. The highest BCUT2D eigenvalue weighted by molar-refractivity contribution is 7.10. The van der Waals surface area contributed by atoms with Gasteiger partial charge in [-0.1, -0.05) is 13.0 Å². The van der Waals surface area contributed by atoms with Crippen LogP contribution in [0.15, 0.2) is 17.5 Å². The number of thiophene rings is 1. The van der Waals surface area contributed by atoms with E-state index in [0.29, 0.717) is 6.54 Å². The molecule has 0 spiro atoms. The van der Waals surface area contributed by atoms with Crippen molar-refractivity contribution in [1.82, 2.24) is 4.90 Å². The molecule has 0 saturated heterocycles. The van der Waals surface area contributed by atoms with Crippen molar-refractivity contribution in [1.29, 1.82) is 0 Å². The van der Waals surface area contributed by atoms with Crippen molar-refractivity contribution in [3.63, 3.8) is 0 Å². The lowest BCUT2D eigenvalue weighted by Gasteiger charge is -2.27. The van der Waals surface area contributed by atoms with E-state index in [1.165, 1.54) is 0 Å². The van der Waals surface area contributed by atoms with Gasteiger partial charge in [0.1, 0.15) is 0 Å². The SMILES string of the molecule is C[C@H](C(=O)N(C[C@H](C)C(=O)O)C1CC1)c1cccs1. The Kier molecular flexibility index (Phi) is 4.24. The third-order valence-electron chi connectivity index (χ3n) is 3.50. The Labute approximate surface area is 117 Å². The maximum absolute atomic E-state index is 12.5. The Hall–Kier alpha value is -1.36. The van der Waals surface area contributed by atoms with E-state index in [2.05, 4.69) is 0 Å². The average Bonchev–Trinajstić information content (AvgIpc) is 3.07. The Morgan fingerprint density at radius 1 is 1.47 bits per heavy atom. The van der Waals surface area contributed by atoms with Crippen molar-refractivity contribution in [2.24, 2.45) is 5.92 Å². The minimum atomic E-state index is -0.845. The predicted molar refractivity (Wildman–Crippen MR) is 74.3 cm³/mol. The fourth-order valence-electron chi connectivity index (χ4n) is 2.09. The Bertz CT molecular complexity index is 453. The van der Waals surface area contributed by atoms with Gasteiger partial charge in [0.25, 0.3) is 0 Å². The topological polar surface area (TPSA) is 57.6 Å². The molecule has 1 N–H and O–H groups in total. The molecule has 1 fully saturated rings. The number of nitrogens with zero attached hydrogens (tertiary/aromatic N) is 1. The number of hydrogen-bond donors (Lipinski definition) is 1. The molecular formula is C14H19NO3S. The maximum Gasteiger partial charge on any atom is 0.308 e. The summed E-state index contributed by atoms with van der Waals surface area (Å²) in [4.78, 5) is 26.3. The van der Waals surface area contributed by atoms with Crippen molar-refractivity contribution in [2.45, 2.75) is 38.6 Å². The normalized spacial score (nSPS) is 17.8. The summed E-state index contributed by atoms with van der Waals surface area (Å²) in [5.74, 6) is -1.48. The molecule has 5 heteroatoms. The first-order chi connectivity index (χ1) is 9.00. The Morgan fingerprint density at radius 2 is 2.16 bits per heavy atom. The zero-order valence-corrected chi connectivity index (χ0v) is 12.0. The number of aliphatic carboxylic acids is 1. The van der Waals surface area contributed by atoms with Crippen LogP contribution in [-0.4, -0.2) is 34.5 Å². The molecule has 104 valence electrons. The van der Waals surface area contributed by atoms with Gasteiger partial charge in [0.05, 0.1) is 11.8 Å². The van der Waals surface area contributed by atoms with Crippen LogP contribution in [0, 0.1) is 5.92 Å². The molecule has 1 saturated carbocycles. The molecule has 2 atom stereocenters. The van der Waals surface area contributed by atoms with Crippen LogP contribution in [0.1, 0.15) is 37.5 Å². The molecule has 0 bridgehead atoms. The summed E-state index contributed by atoms with van der Waals surface area (Å²) in [5, 5.41) is 11.0. The van der Waals surface area contributed by atoms with E-state index in [0.717, 1.165) is 17.7 Å². The molecule has 1 aliphatic rings. The zero-order valence-electron chi connectivity index (χ0n) is 11.2. The number of carbonyl (C=O) groups excluding carboxylic acids is 1. The van der Waals surface area contributed by atoms with E-state index >= 15 is 0 Å². The zero-order chi connectivity index (χ0) is 14.0. The van der Waals surface area contributed by atoms with Crippen molar-refractivity contribution in [2.75, 3.05) is 6.54 Å². The molecule has 0 aliphatic heterocycles. The molecule has 1 aliphatic carbocycles. The molecule has 0 unspecified atom stereocenters. The third-order valence-corrected chi connectivity index (χ3v) is 4.56. The van der Waals surface area contributed by atoms with Crippen LogP contribution in [0.2, 0.25) is 0 Å². The smallest absolute Gasteiger partial charge is 0.308 e. The lowest BCUT2D eigenvalue weighted by atomic mass is 10.1. The first-order valence-corrected chi connectivity index (χ1v) is 7.45. The van der Waals surface area contributed by atoms with E-state index in [4.69, 9.17) is 5.11 Å². The van der Waals surface area contributed by atoms with Crippen molar-refractivity contribution in [3.05, 3.63) is 22.4 Å². The van der Waals surface area contributed by atoms with Crippen LogP contribution < -0.4 is 0 Å². The largest absolute Gasteiger partial charge is 0.481 e. The average molecular weight is 281 g/mol.